The van der Waals surface area contributed by atoms with Crippen LogP contribution in [0.25, 0.3) is 0 Å². The lowest BCUT2D eigenvalue weighted by Crippen LogP contribution is -2.58. The number of ether oxygens (including phenoxy) is 1. The zero-order valence-corrected chi connectivity index (χ0v) is 9.18. The Morgan fingerprint density at radius 3 is 2.67 bits per heavy atom. The second-order valence-electron chi connectivity index (χ2n) is 4.13. The van der Waals surface area contributed by atoms with Crippen LogP contribution in [0.1, 0.15) is 6.42 Å². The van der Waals surface area contributed by atoms with Crippen LogP contribution in [0.2, 0.25) is 0 Å². The number of urea groups is 1. The van der Waals surface area contributed by atoms with Crippen LogP contribution in [-0.2, 0) is 9.53 Å². The van der Waals surface area contributed by atoms with E-state index in [1.54, 1.807) is 0 Å². The van der Waals surface area contributed by atoms with Crippen LogP contribution in [-0.4, -0.2) is 64.6 Å². The molecule has 0 radical (unpaired) electrons. The van der Waals surface area contributed by atoms with Crippen molar-refractivity contribution in [2.45, 2.75) is 30.8 Å². The van der Waals surface area contributed by atoms with Crippen molar-refractivity contribution in [2.75, 3.05) is 13.2 Å². The Labute approximate surface area is 100 Å². The number of carbonyl (C=O) groups is 2. The molecule has 1 unspecified atom stereocenters. The number of halogens is 2. The summed E-state index contributed by atoms with van der Waals surface area (Å²) in [6.45, 7) is -1.02. The average Bonchev–Trinajstić information content (AvgIpc) is 2.52. The quantitative estimate of drug-likeness (QED) is 0.573. The van der Waals surface area contributed by atoms with E-state index in [0.29, 0.717) is 4.90 Å². The van der Waals surface area contributed by atoms with E-state index in [1.165, 1.54) is 0 Å². The highest BCUT2D eigenvalue weighted by molar-refractivity contribution is 5.96. The van der Waals surface area contributed by atoms with Crippen LogP contribution in [0.15, 0.2) is 0 Å². The number of amides is 3. The number of aliphatic hydroxyl groups excluding tert-OH is 2. The fraction of sp³-hybridized carbons (Fsp3) is 0.778. The van der Waals surface area contributed by atoms with Crippen molar-refractivity contribution in [3.63, 3.8) is 0 Å². The minimum Gasteiger partial charge on any atom is -0.394 e. The molecule has 7 nitrogen and oxygen atoms in total. The van der Waals surface area contributed by atoms with E-state index in [0.717, 1.165) is 0 Å². The van der Waals surface area contributed by atoms with E-state index in [1.807, 2.05) is 5.32 Å². The van der Waals surface area contributed by atoms with E-state index in [9.17, 15) is 23.5 Å². The molecule has 0 aromatic heterocycles. The summed E-state index contributed by atoms with van der Waals surface area (Å²) in [6, 6.07) is -0.998. The molecule has 3 atom stereocenters. The van der Waals surface area contributed by atoms with Gasteiger partial charge in [0.15, 0.2) is 6.10 Å². The first-order valence-electron chi connectivity index (χ1n) is 5.30. The standard InChI is InChI=1S/C9H12F2N2O5/c10-9(11)6(16)4(3-14)18-7(9)13-2-1-5(15)12-8(13)17/h4,6-7,14,16H,1-3H2,(H,12,15,17)/t4?,6-,7-/m1/s1. The molecule has 18 heavy (non-hydrogen) atoms. The number of carbonyl (C=O) groups excluding carboxylic acids is 2. The predicted octanol–water partition coefficient (Wildman–Crippen LogP) is -1.36. The summed E-state index contributed by atoms with van der Waals surface area (Å²) in [5.74, 6) is -4.26. The molecule has 2 fully saturated rings. The molecule has 0 aromatic carbocycles. The molecule has 0 aliphatic carbocycles. The minimum atomic E-state index is -3.70. The Kier molecular flexibility index (Phi) is 3.21. The third-order valence-electron chi connectivity index (χ3n) is 2.93. The molecule has 2 aliphatic rings. The van der Waals surface area contributed by atoms with E-state index in [2.05, 4.69) is 0 Å². The fourth-order valence-electron chi connectivity index (χ4n) is 1.95. The number of aliphatic hydroxyl groups is 2. The van der Waals surface area contributed by atoms with Crippen LogP contribution in [0, 0.1) is 0 Å². The number of imide groups is 1. The second kappa shape index (κ2) is 4.41. The highest BCUT2D eigenvalue weighted by atomic mass is 19.3. The van der Waals surface area contributed by atoms with Crippen molar-refractivity contribution in [3.05, 3.63) is 0 Å². The highest BCUT2D eigenvalue weighted by Gasteiger charge is 2.61. The van der Waals surface area contributed by atoms with E-state index in [4.69, 9.17) is 9.84 Å². The summed E-state index contributed by atoms with van der Waals surface area (Å²) in [4.78, 5) is 23.0. The molecule has 102 valence electrons. The van der Waals surface area contributed by atoms with Gasteiger partial charge in [0.1, 0.15) is 6.10 Å². The minimum absolute atomic E-state index is 0.123. The maximum Gasteiger partial charge on any atom is 0.326 e. The highest BCUT2D eigenvalue weighted by Crippen LogP contribution is 2.38. The van der Waals surface area contributed by atoms with Crippen molar-refractivity contribution < 1.29 is 33.3 Å². The summed E-state index contributed by atoms with van der Waals surface area (Å²) in [5, 5.41) is 20.0. The first-order valence-corrected chi connectivity index (χ1v) is 5.30. The molecule has 3 N–H and O–H groups in total. The smallest absolute Gasteiger partial charge is 0.326 e. The molecule has 0 spiro atoms. The van der Waals surface area contributed by atoms with Gasteiger partial charge in [0.2, 0.25) is 12.1 Å². The molecule has 2 rings (SSSR count). The van der Waals surface area contributed by atoms with E-state index >= 15 is 0 Å². The number of hydrogen-bond acceptors (Lipinski definition) is 5. The first-order chi connectivity index (χ1) is 8.37. The summed E-state index contributed by atoms with van der Waals surface area (Å²) in [6.07, 6.45) is -5.77. The van der Waals surface area contributed by atoms with Crippen LogP contribution in [0.3, 0.4) is 0 Å². The average molecular weight is 266 g/mol. The maximum atomic E-state index is 13.7. The lowest BCUT2D eigenvalue weighted by atomic mass is 10.1. The van der Waals surface area contributed by atoms with Crippen molar-refractivity contribution >= 4 is 11.9 Å². The molecule has 2 heterocycles. The van der Waals surface area contributed by atoms with Gasteiger partial charge in [-0.15, -0.1) is 0 Å². The fourth-order valence-corrected chi connectivity index (χ4v) is 1.95. The van der Waals surface area contributed by atoms with Crippen molar-refractivity contribution in [1.82, 2.24) is 10.2 Å². The summed E-state index contributed by atoms with van der Waals surface area (Å²) in [5.41, 5.74) is 0. The van der Waals surface area contributed by atoms with Crippen molar-refractivity contribution in [3.8, 4) is 0 Å². The predicted molar refractivity (Wildman–Crippen MR) is 51.6 cm³/mol. The largest absolute Gasteiger partial charge is 0.394 e. The molecular weight excluding hydrogens is 254 g/mol. The van der Waals surface area contributed by atoms with Crippen LogP contribution in [0.4, 0.5) is 13.6 Å². The van der Waals surface area contributed by atoms with Gasteiger partial charge in [-0.2, -0.15) is 8.78 Å². The van der Waals surface area contributed by atoms with Gasteiger partial charge in [-0.25, -0.2) is 4.79 Å². The third-order valence-corrected chi connectivity index (χ3v) is 2.93. The zero-order chi connectivity index (χ0) is 13.5. The monoisotopic (exact) mass is 266 g/mol. The summed E-state index contributed by atoms with van der Waals surface area (Å²) < 4.78 is 32.2. The topological polar surface area (TPSA) is 99.1 Å². The van der Waals surface area contributed by atoms with Gasteiger partial charge in [0, 0.05) is 13.0 Å². The van der Waals surface area contributed by atoms with E-state index in [-0.39, 0.29) is 13.0 Å². The Morgan fingerprint density at radius 2 is 2.17 bits per heavy atom. The number of nitrogens with zero attached hydrogens (tertiary/aromatic N) is 1. The van der Waals surface area contributed by atoms with Crippen molar-refractivity contribution in [1.29, 1.82) is 0 Å². The number of nitrogens with one attached hydrogen (secondary N) is 1. The van der Waals surface area contributed by atoms with Gasteiger partial charge in [0.05, 0.1) is 6.61 Å². The molecule has 2 saturated heterocycles. The van der Waals surface area contributed by atoms with Crippen LogP contribution < -0.4 is 5.32 Å². The maximum absolute atomic E-state index is 13.7. The van der Waals surface area contributed by atoms with Crippen LogP contribution >= 0.6 is 0 Å². The number of rotatable bonds is 2. The first kappa shape index (κ1) is 13.1. The molecular formula is C9H12F2N2O5. The Hall–Kier alpha value is -1.32. The van der Waals surface area contributed by atoms with E-state index < -0.39 is 42.9 Å². The molecule has 0 saturated carbocycles. The molecule has 3 amide bonds. The number of hydrogen-bond donors (Lipinski definition) is 3. The lowest BCUT2D eigenvalue weighted by molar-refractivity contribution is -0.158. The molecule has 0 aromatic rings. The van der Waals surface area contributed by atoms with Gasteiger partial charge in [-0.1, -0.05) is 0 Å². The zero-order valence-electron chi connectivity index (χ0n) is 9.18. The van der Waals surface area contributed by atoms with Crippen molar-refractivity contribution in [2.24, 2.45) is 0 Å². The lowest BCUT2D eigenvalue weighted by Gasteiger charge is -2.33. The summed E-state index contributed by atoms with van der Waals surface area (Å²) in [7, 11) is 0. The van der Waals surface area contributed by atoms with Gasteiger partial charge in [0.25, 0.3) is 0 Å². The molecule has 2 aliphatic heterocycles. The van der Waals surface area contributed by atoms with Gasteiger partial charge < -0.3 is 14.9 Å². The normalized spacial score (nSPS) is 35.8. The Morgan fingerprint density at radius 1 is 1.50 bits per heavy atom. The Balaban J connectivity index is 2.18. The molecule has 0 bridgehead atoms. The van der Waals surface area contributed by atoms with Gasteiger partial charge >= 0.3 is 12.0 Å². The second-order valence-corrected chi connectivity index (χ2v) is 4.13. The third kappa shape index (κ3) is 1.93. The van der Waals surface area contributed by atoms with Crippen LogP contribution in [0.5, 0.6) is 0 Å². The SMILES string of the molecule is O=C1CCN([C@@H]2OC(CO)[C@@H](O)C2(F)F)C(=O)N1. The van der Waals surface area contributed by atoms with Gasteiger partial charge in [-0.3, -0.25) is 15.0 Å². The van der Waals surface area contributed by atoms with Gasteiger partial charge in [-0.05, 0) is 0 Å². The number of alkyl halides is 2. The Bertz CT molecular complexity index is 378. The summed E-state index contributed by atoms with van der Waals surface area (Å²) >= 11 is 0. The molecule has 9 heteroatoms.